The van der Waals surface area contributed by atoms with Crippen LogP contribution in [-0.2, 0) is 19.1 Å². The molecule has 3 amide bonds. The highest BCUT2D eigenvalue weighted by Crippen LogP contribution is 2.56. The van der Waals surface area contributed by atoms with E-state index < -0.39 is 29.6 Å². The maximum atomic E-state index is 14.3. The Labute approximate surface area is 226 Å². The summed E-state index contributed by atoms with van der Waals surface area (Å²) in [6, 6.07) is 6.76. The van der Waals surface area contributed by atoms with E-state index in [0.29, 0.717) is 11.6 Å². The van der Waals surface area contributed by atoms with E-state index in [2.05, 4.69) is 33.5 Å². The molecule has 4 fully saturated rings. The van der Waals surface area contributed by atoms with Gasteiger partial charge in [0.25, 0.3) is 0 Å². The summed E-state index contributed by atoms with van der Waals surface area (Å²) in [5.41, 5.74) is -0.428. The summed E-state index contributed by atoms with van der Waals surface area (Å²) in [5.74, 6) is -1.54. The van der Waals surface area contributed by atoms with Crippen molar-refractivity contribution in [2.24, 2.45) is 17.8 Å². The van der Waals surface area contributed by atoms with Gasteiger partial charge in [-0.3, -0.25) is 14.4 Å². The molecule has 8 heteroatoms. The van der Waals surface area contributed by atoms with Gasteiger partial charge in [-0.15, -0.1) is 0 Å². The minimum Gasteiger partial charge on any atom is -0.359 e. The summed E-state index contributed by atoms with van der Waals surface area (Å²) in [5, 5.41) is 6.29. The van der Waals surface area contributed by atoms with Crippen LogP contribution in [0.15, 0.2) is 40.9 Å². The number of likely N-dealkylation sites (tertiary alicyclic amines) is 1. The van der Waals surface area contributed by atoms with Gasteiger partial charge in [0.1, 0.15) is 11.6 Å². The number of hydrogen-bond donors (Lipinski definition) is 2. The summed E-state index contributed by atoms with van der Waals surface area (Å²) in [6.45, 7) is 2.19. The Hall–Kier alpha value is -2.19. The summed E-state index contributed by atoms with van der Waals surface area (Å²) in [7, 11) is 0. The average Bonchev–Trinajstić information content (AvgIpc) is 3.54. The van der Waals surface area contributed by atoms with Crippen LogP contribution in [-0.4, -0.2) is 52.5 Å². The third-order valence-corrected chi connectivity index (χ3v) is 9.88. The van der Waals surface area contributed by atoms with Gasteiger partial charge in [-0.25, -0.2) is 0 Å². The predicted molar refractivity (Wildman–Crippen MR) is 144 cm³/mol. The standard InChI is InChI=1S/C29H36BrN3O4/c1-17-7-5-6-10-21(17)33-25(27(35)32-19-8-3-2-4-9-19)29-16-15-22(37-29)23(24(29)28(33)36)26(34)31-20-13-11-18(30)12-14-20/h11-17,19,21-25H,2-10H2,1H3,(H,31,34)(H,32,35)/t17?,21?,22-,23?,24-,25?,29?/m1/s1. The maximum absolute atomic E-state index is 14.3. The number of hydrogen-bond acceptors (Lipinski definition) is 4. The number of carbonyl (C=O) groups excluding carboxylic acids is 3. The van der Waals surface area contributed by atoms with Crippen LogP contribution in [0.3, 0.4) is 0 Å². The lowest BCUT2D eigenvalue weighted by Crippen LogP contribution is -2.59. The van der Waals surface area contributed by atoms with E-state index in [-0.39, 0.29) is 29.8 Å². The molecule has 198 valence electrons. The Kier molecular flexibility index (Phi) is 6.68. The van der Waals surface area contributed by atoms with E-state index in [0.717, 1.165) is 55.8 Å². The second-order valence-electron chi connectivity index (χ2n) is 11.6. The monoisotopic (exact) mass is 569 g/mol. The van der Waals surface area contributed by atoms with Crippen LogP contribution in [0.5, 0.6) is 0 Å². The fourth-order valence-electron chi connectivity index (χ4n) is 7.56. The molecule has 3 heterocycles. The number of carbonyl (C=O) groups is 3. The van der Waals surface area contributed by atoms with Crippen molar-refractivity contribution in [3.05, 3.63) is 40.9 Å². The minimum atomic E-state index is -1.10. The molecule has 2 bridgehead atoms. The van der Waals surface area contributed by atoms with Crippen LogP contribution in [0.2, 0.25) is 0 Å². The van der Waals surface area contributed by atoms with Crippen LogP contribution >= 0.6 is 15.9 Å². The van der Waals surface area contributed by atoms with Gasteiger partial charge in [-0.2, -0.15) is 0 Å². The molecule has 0 aromatic heterocycles. The molecular formula is C29H36BrN3O4. The summed E-state index contributed by atoms with van der Waals surface area (Å²) < 4.78 is 7.44. The largest absolute Gasteiger partial charge is 0.359 e. The van der Waals surface area contributed by atoms with Crippen molar-refractivity contribution in [3.8, 4) is 0 Å². The number of ether oxygens (including phenoxy) is 1. The van der Waals surface area contributed by atoms with Crippen molar-refractivity contribution >= 4 is 39.3 Å². The van der Waals surface area contributed by atoms with E-state index in [1.165, 1.54) is 6.42 Å². The lowest BCUT2D eigenvalue weighted by Gasteiger charge is -2.42. The second-order valence-corrected chi connectivity index (χ2v) is 12.5. The van der Waals surface area contributed by atoms with Gasteiger partial charge in [-0.05, 0) is 55.9 Å². The number of halogens is 1. The number of fused-ring (bicyclic) bond motifs is 1. The second kappa shape index (κ2) is 9.84. The number of anilines is 1. The highest BCUT2D eigenvalue weighted by Gasteiger charge is 2.73. The SMILES string of the molecule is CC1CCCCC1N1C(=O)[C@H]2C(C(=O)Nc3ccc(Br)cc3)[C@H]3C=CC2(O3)C1C(=O)NC1CCCCC1. The molecule has 2 aliphatic carbocycles. The Morgan fingerprint density at radius 1 is 1.00 bits per heavy atom. The van der Waals surface area contributed by atoms with Gasteiger partial charge in [0.15, 0.2) is 0 Å². The van der Waals surface area contributed by atoms with Crippen LogP contribution in [0.25, 0.3) is 0 Å². The topological polar surface area (TPSA) is 87.7 Å². The van der Waals surface area contributed by atoms with Crippen LogP contribution in [0.1, 0.15) is 64.7 Å². The van der Waals surface area contributed by atoms with E-state index in [4.69, 9.17) is 4.74 Å². The highest BCUT2D eigenvalue weighted by molar-refractivity contribution is 9.10. The first-order valence-corrected chi connectivity index (χ1v) is 14.7. The smallest absolute Gasteiger partial charge is 0.246 e. The summed E-state index contributed by atoms with van der Waals surface area (Å²) in [6.07, 6.45) is 12.8. The lowest BCUT2D eigenvalue weighted by atomic mass is 9.74. The molecule has 1 spiro atoms. The van der Waals surface area contributed by atoms with Gasteiger partial charge in [0.05, 0.1) is 17.9 Å². The van der Waals surface area contributed by atoms with Gasteiger partial charge in [0, 0.05) is 22.2 Å². The van der Waals surface area contributed by atoms with E-state index >= 15 is 0 Å². The lowest BCUT2D eigenvalue weighted by molar-refractivity contribution is -0.146. The molecule has 37 heavy (non-hydrogen) atoms. The molecule has 2 saturated heterocycles. The van der Waals surface area contributed by atoms with E-state index in [1.54, 1.807) is 0 Å². The van der Waals surface area contributed by atoms with Crippen molar-refractivity contribution in [2.45, 2.75) is 94.5 Å². The number of nitrogens with one attached hydrogen (secondary N) is 2. The minimum absolute atomic E-state index is 0.0189. The zero-order valence-corrected chi connectivity index (χ0v) is 22.9. The first-order valence-electron chi connectivity index (χ1n) is 14.0. The predicted octanol–water partition coefficient (Wildman–Crippen LogP) is 4.57. The van der Waals surface area contributed by atoms with Gasteiger partial charge < -0.3 is 20.3 Å². The molecule has 1 aromatic carbocycles. The van der Waals surface area contributed by atoms with Crippen molar-refractivity contribution in [2.75, 3.05) is 5.32 Å². The fourth-order valence-corrected chi connectivity index (χ4v) is 7.82. The molecule has 5 aliphatic rings. The zero-order valence-electron chi connectivity index (χ0n) is 21.3. The van der Waals surface area contributed by atoms with Crippen molar-refractivity contribution < 1.29 is 19.1 Å². The highest BCUT2D eigenvalue weighted by atomic mass is 79.9. The molecule has 7 nitrogen and oxygen atoms in total. The quantitative estimate of drug-likeness (QED) is 0.508. The van der Waals surface area contributed by atoms with Gasteiger partial charge in [0.2, 0.25) is 17.7 Å². The Morgan fingerprint density at radius 2 is 1.70 bits per heavy atom. The molecule has 7 atom stereocenters. The normalized spacial score (nSPS) is 37.0. The summed E-state index contributed by atoms with van der Waals surface area (Å²) in [4.78, 5) is 43.8. The molecule has 5 unspecified atom stereocenters. The average molecular weight is 571 g/mol. The van der Waals surface area contributed by atoms with Crippen LogP contribution in [0.4, 0.5) is 5.69 Å². The first kappa shape index (κ1) is 25.1. The molecule has 0 radical (unpaired) electrons. The molecular weight excluding hydrogens is 534 g/mol. The Bertz CT molecular complexity index is 1100. The molecule has 2 saturated carbocycles. The molecule has 2 N–H and O–H groups in total. The molecule has 3 aliphatic heterocycles. The Balaban J connectivity index is 1.33. The fraction of sp³-hybridized carbons (Fsp3) is 0.621. The third kappa shape index (κ3) is 4.24. The van der Waals surface area contributed by atoms with Gasteiger partial charge in [-0.1, -0.05) is 67.1 Å². The number of benzene rings is 1. The van der Waals surface area contributed by atoms with Crippen molar-refractivity contribution in [1.29, 1.82) is 0 Å². The van der Waals surface area contributed by atoms with Crippen molar-refractivity contribution in [1.82, 2.24) is 10.2 Å². The Morgan fingerprint density at radius 3 is 2.43 bits per heavy atom. The van der Waals surface area contributed by atoms with E-state index in [9.17, 15) is 14.4 Å². The summed E-state index contributed by atoms with van der Waals surface area (Å²) >= 11 is 3.42. The van der Waals surface area contributed by atoms with Crippen LogP contribution < -0.4 is 10.6 Å². The van der Waals surface area contributed by atoms with Crippen LogP contribution in [0, 0.1) is 17.8 Å². The number of nitrogens with zero attached hydrogens (tertiary/aromatic N) is 1. The third-order valence-electron chi connectivity index (χ3n) is 9.35. The maximum Gasteiger partial charge on any atom is 0.246 e. The number of rotatable bonds is 5. The molecule has 1 aromatic rings. The van der Waals surface area contributed by atoms with Gasteiger partial charge >= 0.3 is 0 Å². The van der Waals surface area contributed by atoms with Crippen molar-refractivity contribution in [3.63, 3.8) is 0 Å². The first-order chi connectivity index (χ1) is 17.9. The molecule has 6 rings (SSSR count). The zero-order chi connectivity index (χ0) is 25.7. The number of amides is 3. The van der Waals surface area contributed by atoms with E-state index in [1.807, 2.05) is 41.3 Å².